The number of hydrogen-bond donors (Lipinski definition) is 1. The predicted octanol–water partition coefficient (Wildman–Crippen LogP) is 2.64. The fraction of sp³-hybridized carbons (Fsp3) is 1.00. The van der Waals surface area contributed by atoms with E-state index < -0.39 is 0 Å². The minimum absolute atomic E-state index is 0.455. The van der Waals surface area contributed by atoms with Crippen LogP contribution in [0.15, 0.2) is 0 Å². The van der Waals surface area contributed by atoms with E-state index in [0.29, 0.717) is 12.1 Å². The highest BCUT2D eigenvalue weighted by Crippen LogP contribution is 2.32. The number of nitrogens with two attached hydrogens (primary N) is 1. The van der Waals surface area contributed by atoms with Gasteiger partial charge >= 0.3 is 0 Å². The summed E-state index contributed by atoms with van der Waals surface area (Å²) < 4.78 is 5.80. The molecule has 112 valence electrons. The van der Waals surface area contributed by atoms with Crippen LogP contribution in [0.1, 0.15) is 52.4 Å². The van der Waals surface area contributed by atoms with Gasteiger partial charge in [0.15, 0.2) is 0 Å². The Kier molecular flexibility index (Phi) is 6.11. The van der Waals surface area contributed by atoms with Gasteiger partial charge in [-0.15, -0.1) is 0 Å². The molecule has 0 spiro atoms. The molecule has 0 aromatic rings. The van der Waals surface area contributed by atoms with Crippen molar-refractivity contribution in [2.75, 3.05) is 26.2 Å². The molecular formula is C16H32N2O. The molecule has 1 aliphatic carbocycles. The van der Waals surface area contributed by atoms with Gasteiger partial charge in [0, 0.05) is 25.7 Å². The summed E-state index contributed by atoms with van der Waals surface area (Å²) in [5.74, 6) is 1.73. The molecule has 2 unspecified atom stereocenters. The summed E-state index contributed by atoms with van der Waals surface area (Å²) in [5.41, 5.74) is 6.11. The lowest BCUT2D eigenvalue weighted by Crippen LogP contribution is -2.49. The molecule has 1 saturated heterocycles. The molecule has 0 aromatic carbocycles. The molecule has 2 N–H and O–H groups in total. The molecule has 1 heterocycles. The van der Waals surface area contributed by atoms with Crippen LogP contribution in [0.5, 0.6) is 0 Å². The van der Waals surface area contributed by atoms with Gasteiger partial charge in [0.05, 0.1) is 6.10 Å². The molecule has 2 atom stereocenters. The summed E-state index contributed by atoms with van der Waals surface area (Å²) >= 11 is 0. The second kappa shape index (κ2) is 7.61. The van der Waals surface area contributed by atoms with E-state index in [1.807, 2.05) is 0 Å². The van der Waals surface area contributed by atoms with Crippen molar-refractivity contribution in [3.05, 3.63) is 0 Å². The standard InChI is InChI=1S/C16H32N2O/c1-3-18(12-15-5-4-10-19-15)16(11-17)14-8-6-13(2)7-9-14/h13-16H,3-12,17H2,1-2H3. The van der Waals surface area contributed by atoms with Crippen molar-refractivity contribution >= 4 is 0 Å². The Balaban J connectivity index is 1.89. The van der Waals surface area contributed by atoms with Gasteiger partial charge in [-0.05, 0) is 44.1 Å². The van der Waals surface area contributed by atoms with Crippen LogP contribution in [0.2, 0.25) is 0 Å². The summed E-state index contributed by atoms with van der Waals surface area (Å²) in [7, 11) is 0. The Bertz CT molecular complexity index is 245. The quantitative estimate of drug-likeness (QED) is 0.805. The molecule has 2 aliphatic rings. The molecule has 0 radical (unpaired) electrons. The van der Waals surface area contributed by atoms with Crippen LogP contribution in [0.25, 0.3) is 0 Å². The Hall–Kier alpha value is -0.120. The monoisotopic (exact) mass is 268 g/mol. The third-order valence-corrected chi connectivity index (χ3v) is 5.18. The smallest absolute Gasteiger partial charge is 0.0702 e. The number of nitrogens with zero attached hydrogens (tertiary/aromatic N) is 1. The summed E-state index contributed by atoms with van der Waals surface area (Å²) in [6, 6.07) is 0.571. The van der Waals surface area contributed by atoms with Crippen LogP contribution < -0.4 is 5.73 Å². The second-order valence-electron chi connectivity index (χ2n) is 6.55. The lowest BCUT2D eigenvalue weighted by molar-refractivity contribution is 0.0397. The van der Waals surface area contributed by atoms with Crippen molar-refractivity contribution in [1.29, 1.82) is 0 Å². The number of likely N-dealkylation sites (N-methyl/N-ethyl adjacent to an activating group) is 1. The van der Waals surface area contributed by atoms with E-state index in [-0.39, 0.29) is 0 Å². The molecule has 2 fully saturated rings. The molecule has 3 nitrogen and oxygen atoms in total. The van der Waals surface area contributed by atoms with Gasteiger partial charge in [0.1, 0.15) is 0 Å². The minimum Gasteiger partial charge on any atom is -0.377 e. The van der Waals surface area contributed by atoms with Crippen LogP contribution in [0.3, 0.4) is 0 Å². The van der Waals surface area contributed by atoms with Crippen molar-refractivity contribution in [2.45, 2.75) is 64.5 Å². The van der Waals surface area contributed by atoms with E-state index in [1.54, 1.807) is 0 Å². The van der Waals surface area contributed by atoms with Crippen molar-refractivity contribution in [1.82, 2.24) is 4.90 Å². The lowest BCUT2D eigenvalue weighted by Gasteiger charge is -2.39. The molecular weight excluding hydrogens is 236 g/mol. The van der Waals surface area contributed by atoms with E-state index in [4.69, 9.17) is 10.5 Å². The summed E-state index contributed by atoms with van der Waals surface area (Å²) in [6.07, 6.45) is 8.43. The topological polar surface area (TPSA) is 38.5 Å². The first-order valence-electron chi connectivity index (χ1n) is 8.30. The molecule has 1 aliphatic heterocycles. The highest BCUT2D eigenvalue weighted by atomic mass is 16.5. The molecule has 19 heavy (non-hydrogen) atoms. The Morgan fingerprint density at radius 2 is 1.95 bits per heavy atom. The summed E-state index contributed by atoms with van der Waals surface area (Å²) in [6.45, 7) is 8.61. The second-order valence-corrected chi connectivity index (χ2v) is 6.55. The third-order valence-electron chi connectivity index (χ3n) is 5.18. The van der Waals surface area contributed by atoms with Crippen LogP contribution >= 0.6 is 0 Å². The SMILES string of the molecule is CCN(CC1CCCO1)C(CN)C1CCC(C)CC1. The normalized spacial score (nSPS) is 33.8. The first-order valence-corrected chi connectivity index (χ1v) is 8.30. The molecule has 0 aromatic heterocycles. The molecule has 1 saturated carbocycles. The first kappa shape index (κ1) is 15.3. The Morgan fingerprint density at radius 3 is 2.47 bits per heavy atom. The van der Waals surface area contributed by atoms with Crippen molar-refractivity contribution < 1.29 is 4.74 Å². The van der Waals surface area contributed by atoms with E-state index in [1.165, 1.54) is 38.5 Å². The van der Waals surface area contributed by atoms with Gasteiger partial charge in [-0.2, -0.15) is 0 Å². The van der Waals surface area contributed by atoms with E-state index in [2.05, 4.69) is 18.7 Å². The van der Waals surface area contributed by atoms with Crippen LogP contribution in [-0.4, -0.2) is 43.3 Å². The van der Waals surface area contributed by atoms with Gasteiger partial charge in [-0.3, -0.25) is 4.90 Å². The van der Waals surface area contributed by atoms with Crippen molar-refractivity contribution in [2.24, 2.45) is 17.6 Å². The fourth-order valence-corrected chi connectivity index (χ4v) is 3.86. The van der Waals surface area contributed by atoms with Gasteiger partial charge in [-0.25, -0.2) is 0 Å². The maximum atomic E-state index is 6.11. The number of ether oxygens (including phenoxy) is 1. The van der Waals surface area contributed by atoms with Crippen LogP contribution in [0, 0.1) is 11.8 Å². The van der Waals surface area contributed by atoms with E-state index in [0.717, 1.165) is 38.1 Å². The van der Waals surface area contributed by atoms with Crippen molar-refractivity contribution in [3.63, 3.8) is 0 Å². The zero-order valence-electron chi connectivity index (χ0n) is 12.8. The highest BCUT2D eigenvalue weighted by Gasteiger charge is 2.30. The maximum Gasteiger partial charge on any atom is 0.0702 e. The molecule has 0 bridgehead atoms. The Labute approximate surface area is 118 Å². The molecule has 0 amide bonds. The fourth-order valence-electron chi connectivity index (χ4n) is 3.86. The van der Waals surface area contributed by atoms with Gasteiger partial charge in [0.25, 0.3) is 0 Å². The minimum atomic E-state index is 0.455. The van der Waals surface area contributed by atoms with E-state index >= 15 is 0 Å². The van der Waals surface area contributed by atoms with Gasteiger partial charge in [-0.1, -0.05) is 26.7 Å². The highest BCUT2D eigenvalue weighted by molar-refractivity contribution is 4.85. The molecule has 3 heteroatoms. The van der Waals surface area contributed by atoms with Gasteiger partial charge in [0.2, 0.25) is 0 Å². The maximum absolute atomic E-state index is 6.11. The third kappa shape index (κ3) is 4.17. The largest absolute Gasteiger partial charge is 0.377 e. The average Bonchev–Trinajstić information content (AvgIpc) is 2.93. The first-order chi connectivity index (χ1) is 9.24. The van der Waals surface area contributed by atoms with Crippen LogP contribution in [0.4, 0.5) is 0 Å². The van der Waals surface area contributed by atoms with Gasteiger partial charge < -0.3 is 10.5 Å². The van der Waals surface area contributed by atoms with Crippen molar-refractivity contribution in [3.8, 4) is 0 Å². The predicted molar refractivity (Wildman–Crippen MR) is 80.2 cm³/mol. The summed E-state index contributed by atoms with van der Waals surface area (Å²) in [4.78, 5) is 2.59. The summed E-state index contributed by atoms with van der Waals surface area (Å²) in [5, 5.41) is 0. The van der Waals surface area contributed by atoms with Crippen LogP contribution in [-0.2, 0) is 4.74 Å². The number of rotatable bonds is 6. The Morgan fingerprint density at radius 1 is 1.21 bits per heavy atom. The number of hydrogen-bond acceptors (Lipinski definition) is 3. The zero-order valence-corrected chi connectivity index (χ0v) is 12.8. The molecule has 2 rings (SSSR count). The average molecular weight is 268 g/mol. The zero-order chi connectivity index (χ0) is 13.7. The lowest BCUT2D eigenvalue weighted by atomic mass is 9.78. The van der Waals surface area contributed by atoms with E-state index in [9.17, 15) is 0 Å².